The van der Waals surface area contributed by atoms with E-state index >= 15 is 0 Å². The number of fused-ring (bicyclic) bond motifs is 1. The van der Waals surface area contributed by atoms with Gasteiger partial charge in [0.1, 0.15) is 0 Å². The number of hydrogen-bond donors (Lipinski definition) is 2. The minimum atomic E-state index is -3.70. The largest absolute Gasteiger partial charge is 0.586 e. The van der Waals surface area contributed by atoms with Crippen LogP contribution in [0.3, 0.4) is 0 Å². The minimum Gasteiger partial charge on any atom is -0.403 e. The van der Waals surface area contributed by atoms with Gasteiger partial charge < -0.3 is 20.9 Å². The van der Waals surface area contributed by atoms with Crippen molar-refractivity contribution in [3.8, 4) is 11.5 Å². The van der Waals surface area contributed by atoms with Gasteiger partial charge in [0.05, 0.1) is 10.7 Å². The molecule has 1 aliphatic rings. The third-order valence-corrected chi connectivity index (χ3v) is 2.57. The Labute approximate surface area is 112 Å². The molecule has 1 aliphatic heterocycles. The predicted molar refractivity (Wildman–Crippen MR) is 67.4 cm³/mol. The Morgan fingerprint density at radius 2 is 2.00 bits per heavy atom. The molecule has 0 aromatic heterocycles. The lowest BCUT2D eigenvalue weighted by Gasteiger charge is -2.05. The highest BCUT2D eigenvalue weighted by molar-refractivity contribution is 6.32. The molecule has 0 bridgehead atoms. The molecule has 102 valence electrons. The zero-order valence-corrected chi connectivity index (χ0v) is 10.3. The van der Waals surface area contributed by atoms with Crippen molar-refractivity contribution in [1.82, 2.24) is 0 Å². The first-order valence-electron chi connectivity index (χ1n) is 5.21. The second kappa shape index (κ2) is 5.02. The maximum Gasteiger partial charge on any atom is 0.586 e. The molecule has 0 aliphatic carbocycles. The van der Waals surface area contributed by atoms with Crippen molar-refractivity contribution in [2.75, 3.05) is 6.54 Å². The second-order valence-corrected chi connectivity index (χ2v) is 3.95. The van der Waals surface area contributed by atoms with Crippen LogP contribution >= 0.6 is 11.6 Å². The Balaban J connectivity index is 2.42. The molecule has 0 radical (unpaired) electrons. The van der Waals surface area contributed by atoms with E-state index < -0.39 is 6.29 Å². The summed E-state index contributed by atoms with van der Waals surface area (Å²) in [5.74, 6) is -0.273. The third-order valence-electron chi connectivity index (χ3n) is 2.26. The van der Waals surface area contributed by atoms with Crippen molar-refractivity contribution in [1.29, 1.82) is 0 Å². The maximum atomic E-state index is 12.9. The summed E-state index contributed by atoms with van der Waals surface area (Å²) in [6.45, 7) is 0.206. The van der Waals surface area contributed by atoms with Crippen LogP contribution in [0, 0.1) is 0 Å². The molecule has 0 saturated heterocycles. The minimum absolute atomic E-state index is 0.133. The van der Waals surface area contributed by atoms with E-state index in [4.69, 9.17) is 23.1 Å². The molecule has 8 heteroatoms. The zero-order valence-electron chi connectivity index (χ0n) is 9.57. The van der Waals surface area contributed by atoms with Crippen LogP contribution in [0.2, 0.25) is 5.02 Å². The van der Waals surface area contributed by atoms with Crippen molar-refractivity contribution in [3.63, 3.8) is 0 Å². The summed E-state index contributed by atoms with van der Waals surface area (Å²) >= 11 is 5.97. The van der Waals surface area contributed by atoms with Gasteiger partial charge in [0, 0.05) is 30.6 Å². The number of alkyl halides is 2. The van der Waals surface area contributed by atoms with Crippen molar-refractivity contribution in [2.45, 2.75) is 6.29 Å². The molecule has 0 saturated carbocycles. The fraction of sp³-hybridized carbons (Fsp3) is 0.182. The van der Waals surface area contributed by atoms with Crippen molar-refractivity contribution in [3.05, 3.63) is 28.9 Å². The molecule has 0 spiro atoms. The molecule has 0 fully saturated rings. The summed E-state index contributed by atoms with van der Waals surface area (Å²) in [6, 6.07) is 2.50. The summed E-state index contributed by atoms with van der Waals surface area (Å²) in [5, 5.41) is 0.158. The number of halogens is 3. The summed E-state index contributed by atoms with van der Waals surface area (Å²) in [6.07, 6.45) is -1.10. The van der Waals surface area contributed by atoms with E-state index in [1.165, 1.54) is 24.5 Å². The van der Waals surface area contributed by atoms with Gasteiger partial charge in [0.25, 0.3) is 0 Å². The Morgan fingerprint density at radius 1 is 1.37 bits per heavy atom. The first-order valence-corrected chi connectivity index (χ1v) is 5.59. The monoisotopic (exact) mass is 289 g/mol. The van der Waals surface area contributed by atoms with Crippen LogP contribution in [0.4, 0.5) is 8.78 Å². The highest BCUT2D eigenvalue weighted by Crippen LogP contribution is 2.44. The van der Waals surface area contributed by atoms with Crippen molar-refractivity contribution in [2.24, 2.45) is 16.5 Å². The number of rotatable bonds is 3. The summed E-state index contributed by atoms with van der Waals surface area (Å²) in [4.78, 5) is 3.97. The average Bonchev–Trinajstić information content (AvgIpc) is 2.63. The van der Waals surface area contributed by atoms with Gasteiger partial charge in [-0.15, -0.1) is 8.78 Å². The first-order chi connectivity index (χ1) is 8.96. The smallest absolute Gasteiger partial charge is 0.403 e. The number of benzene rings is 1. The van der Waals surface area contributed by atoms with Gasteiger partial charge in [0.15, 0.2) is 11.5 Å². The number of hydrogen-bond acceptors (Lipinski definition) is 5. The molecule has 4 N–H and O–H groups in total. The highest BCUT2D eigenvalue weighted by Gasteiger charge is 2.43. The lowest BCUT2D eigenvalue weighted by atomic mass is 10.1. The van der Waals surface area contributed by atoms with Gasteiger partial charge in [-0.1, -0.05) is 11.6 Å². The Bertz CT molecular complexity index is 561. The Kier molecular flexibility index (Phi) is 3.59. The summed E-state index contributed by atoms with van der Waals surface area (Å²) in [7, 11) is 0. The van der Waals surface area contributed by atoms with Gasteiger partial charge in [0.2, 0.25) is 0 Å². The standard InChI is InChI=1S/C11H10ClF2N3O2/c12-7-4-10-9(18-11(13,14)19-10)3-6(7)8(5-16)17-2-1-15/h2-5H,1,15-16H2/b8-5-,17-2?. The Morgan fingerprint density at radius 3 is 2.58 bits per heavy atom. The SMILES string of the molecule is N/C=C(\N=CCN)c1cc2c(cc1Cl)OC(F)(F)O2. The second-order valence-electron chi connectivity index (χ2n) is 3.55. The van der Waals surface area contributed by atoms with E-state index in [9.17, 15) is 8.78 Å². The van der Waals surface area contributed by atoms with Crippen LogP contribution in [0.15, 0.2) is 23.3 Å². The van der Waals surface area contributed by atoms with Crippen LogP contribution in [-0.4, -0.2) is 19.1 Å². The molecule has 1 heterocycles. The number of ether oxygens (including phenoxy) is 2. The maximum absolute atomic E-state index is 12.9. The molecule has 5 nitrogen and oxygen atoms in total. The van der Waals surface area contributed by atoms with E-state index in [2.05, 4.69) is 14.5 Å². The third kappa shape index (κ3) is 2.77. The topological polar surface area (TPSA) is 82.9 Å². The van der Waals surface area contributed by atoms with Gasteiger partial charge in [-0.25, -0.2) is 0 Å². The number of nitrogens with two attached hydrogens (primary N) is 2. The van der Waals surface area contributed by atoms with Gasteiger partial charge in [-0.3, -0.25) is 4.99 Å². The molecule has 0 atom stereocenters. The van der Waals surface area contributed by atoms with E-state index in [1.54, 1.807) is 0 Å². The van der Waals surface area contributed by atoms with Crippen LogP contribution in [0.25, 0.3) is 5.70 Å². The number of aliphatic imine (C=N–C) groups is 1. The molecule has 0 unspecified atom stereocenters. The van der Waals surface area contributed by atoms with Crippen LogP contribution in [0.1, 0.15) is 5.56 Å². The summed E-state index contributed by atoms with van der Waals surface area (Å²) in [5.41, 5.74) is 11.3. The molecule has 1 aromatic rings. The van der Waals surface area contributed by atoms with Crippen molar-refractivity contribution >= 4 is 23.5 Å². The van der Waals surface area contributed by atoms with E-state index in [0.717, 1.165) is 0 Å². The van der Waals surface area contributed by atoms with Crippen LogP contribution in [-0.2, 0) is 0 Å². The molecule has 1 aromatic carbocycles. The lowest BCUT2D eigenvalue weighted by Crippen LogP contribution is -2.25. The fourth-order valence-corrected chi connectivity index (χ4v) is 1.77. The highest BCUT2D eigenvalue weighted by atomic mass is 35.5. The predicted octanol–water partition coefficient (Wildman–Crippen LogP) is 1.95. The quantitative estimate of drug-likeness (QED) is 0.833. The first kappa shape index (κ1) is 13.6. The van der Waals surface area contributed by atoms with Gasteiger partial charge in [-0.2, -0.15) is 0 Å². The Hall–Kier alpha value is -1.86. The average molecular weight is 290 g/mol. The van der Waals surface area contributed by atoms with Gasteiger partial charge in [-0.05, 0) is 6.07 Å². The van der Waals surface area contributed by atoms with E-state index in [1.807, 2.05) is 0 Å². The fourth-order valence-electron chi connectivity index (χ4n) is 1.52. The molecular weight excluding hydrogens is 280 g/mol. The molecule has 0 amide bonds. The molecule has 19 heavy (non-hydrogen) atoms. The van der Waals surface area contributed by atoms with Crippen molar-refractivity contribution < 1.29 is 18.3 Å². The van der Waals surface area contributed by atoms with Crippen LogP contribution in [0.5, 0.6) is 11.5 Å². The van der Waals surface area contributed by atoms with Crippen LogP contribution < -0.4 is 20.9 Å². The molecule has 2 rings (SSSR count). The van der Waals surface area contributed by atoms with E-state index in [0.29, 0.717) is 5.56 Å². The zero-order chi connectivity index (χ0) is 14.0. The normalized spacial score (nSPS) is 17.2. The molecular formula is C11H10ClF2N3O2. The number of nitrogens with zero attached hydrogens (tertiary/aromatic N) is 1. The van der Waals surface area contributed by atoms with Gasteiger partial charge >= 0.3 is 6.29 Å². The lowest BCUT2D eigenvalue weighted by molar-refractivity contribution is -0.286. The van der Waals surface area contributed by atoms with E-state index in [-0.39, 0.29) is 28.8 Å². The summed E-state index contributed by atoms with van der Waals surface area (Å²) < 4.78 is 34.4.